The summed E-state index contributed by atoms with van der Waals surface area (Å²) in [5, 5.41) is 0.655. The van der Waals surface area contributed by atoms with Crippen LogP contribution in [-0.2, 0) is 4.79 Å². The summed E-state index contributed by atoms with van der Waals surface area (Å²) in [4.78, 5) is 20.1. The molecule has 0 N–H and O–H groups in total. The third kappa shape index (κ3) is 4.49. The lowest BCUT2D eigenvalue weighted by atomic mass is 10.1. The van der Waals surface area contributed by atoms with Crippen LogP contribution in [0.5, 0.6) is 23.0 Å². The van der Waals surface area contributed by atoms with Gasteiger partial charge in [-0.15, -0.1) is 0 Å². The van der Waals surface area contributed by atoms with Crippen LogP contribution in [0.1, 0.15) is 25.8 Å². The van der Waals surface area contributed by atoms with E-state index in [1.165, 1.54) is 11.8 Å². The minimum absolute atomic E-state index is 0.0729. The predicted octanol–water partition coefficient (Wildman–Crippen LogP) is 4.84. The van der Waals surface area contributed by atoms with Gasteiger partial charge in [0.25, 0.3) is 5.91 Å². The number of ether oxygens (including phenoxy) is 4. The van der Waals surface area contributed by atoms with Gasteiger partial charge in [-0.2, -0.15) is 0 Å². The molecule has 2 aromatic rings. The van der Waals surface area contributed by atoms with Gasteiger partial charge in [0.05, 0.1) is 24.3 Å². The Kier molecular flexibility index (Phi) is 6.36. The standard InChI is InChI=1S/C23H24N2O5S/c1-4-10-25-22(26)21(12-15-11-19-20(30-14-29-19)13-18(15)27-3)31-23(25)24-16-6-8-17(9-7-16)28-5-2/h6-9,11-13H,4-5,10,14H2,1-3H3/b21-12-,24-23?. The Labute approximate surface area is 185 Å². The van der Waals surface area contributed by atoms with Crippen LogP contribution >= 0.6 is 11.8 Å². The molecular formula is C23H24N2O5S. The molecule has 162 valence electrons. The first-order chi connectivity index (χ1) is 15.1. The molecule has 0 bridgehead atoms. The highest BCUT2D eigenvalue weighted by molar-refractivity contribution is 8.18. The Balaban J connectivity index is 1.65. The number of methoxy groups -OCH3 is 1. The van der Waals surface area contributed by atoms with E-state index in [2.05, 4.69) is 0 Å². The van der Waals surface area contributed by atoms with Gasteiger partial charge in [-0.3, -0.25) is 9.69 Å². The van der Waals surface area contributed by atoms with E-state index < -0.39 is 0 Å². The summed E-state index contributed by atoms with van der Waals surface area (Å²) in [6.45, 7) is 5.36. The minimum atomic E-state index is -0.0729. The van der Waals surface area contributed by atoms with E-state index in [1.54, 1.807) is 18.1 Å². The quantitative estimate of drug-likeness (QED) is 0.574. The summed E-state index contributed by atoms with van der Waals surface area (Å²) in [7, 11) is 1.59. The third-order valence-corrected chi connectivity index (χ3v) is 5.73. The number of benzene rings is 2. The van der Waals surface area contributed by atoms with Crippen molar-refractivity contribution in [2.45, 2.75) is 20.3 Å². The largest absolute Gasteiger partial charge is 0.496 e. The first-order valence-electron chi connectivity index (χ1n) is 10.1. The summed E-state index contributed by atoms with van der Waals surface area (Å²) in [5.74, 6) is 2.61. The molecule has 2 aliphatic heterocycles. The monoisotopic (exact) mass is 440 g/mol. The Morgan fingerprint density at radius 1 is 1.16 bits per heavy atom. The number of nitrogens with zero attached hydrogens (tertiary/aromatic N) is 2. The maximum atomic E-state index is 13.1. The summed E-state index contributed by atoms with van der Waals surface area (Å²) in [6, 6.07) is 11.1. The molecule has 0 aromatic heterocycles. The molecule has 31 heavy (non-hydrogen) atoms. The zero-order valence-corrected chi connectivity index (χ0v) is 18.5. The maximum absolute atomic E-state index is 13.1. The molecule has 4 rings (SSSR count). The lowest BCUT2D eigenvalue weighted by Crippen LogP contribution is -2.29. The van der Waals surface area contributed by atoms with Gasteiger partial charge >= 0.3 is 0 Å². The Morgan fingerprint density at radius 3 is 2.58 bits per heavy atom. The van der Waals surface area contributed by atoms with Crippen LogP contribution in [0.15, 0.2) is 46.3 Å². The Morgan fingerprint density at radius 2 is 1.90 bits per heavy atom. The molecule has 1 saturated heterocycles. The normalized spacial score (nSPS) is 17.6. The van der Waals surface area contributed by atoms with E-state index >= 15 is 0 Å². The average molecular weight is 441 g/mol. The number of fused-ring (bicyclic) bond motifs is 1. The molecule has 2 aromatic carbocycles. The van der Waals surface area contributed by atoms with E-state index in [9.17, 15) is 4.79 Å². The van der Waals surface area contributed by atoms with E-state index in [-0.39, 0.29) is 12.7 Å². The number of aliphatic imine (C=N–C) groups is 1. The van der Waals surface area contributed by atoms with E-state index in [0.29, 0.717) is 40.5 Å². The van der Waals surface area contributed by atoms with Crippen LogP contribution in [0, 0.1) is 0 Å². The zero-order valence-electron chi connectivity index (χ0n) is 17.7. The number of carbonyl (C=O) groups is 1. The van der Waals surface area contributed by atoms with Crippen LogP contribution < -0.4 is 18.9 Å². The number of hydrogen-bond acceptors (Lipinski definition) is 7. The van der Waals surface area contributed by atoms with Crippen molar-refractivity contribution in [2.75, 3.05) is 27.1 Å². The van der Waals surface area contributed by atoms with Gasteiger partial charge in [-0.05, 0) is 61.5 Å². The van der Waals surface area contributed by atoms with Crippen molar-refractivity contribution in [2.24, 2.45) is 4.99 Å². The van der Waals surface area contributed by atoms with Gasteiger partial charge in [0.2, 0.25) is 6.79 Å². The summed E-state index contributed by atoms with van der Waals surface area (Å²) >= 11 is 1.35. The van der Waals surface area contributed by atoms with Crippen LogP contribution in [0.3, 0.4) is 0 Å². The van der Waals surface area contributed by atoms with E-state index in [0.717, 1.165) is 23.4 Å². The fourth-order valence-corrected chi connectivity index (χ4v) is 4.29. The molecule has 7 nitrogen and oxygen atoms in total. The lowest BCUT2D eigenvalue weighted by molar-refractivity contribution is -0.122. The number of amides is 1. The van der Waals surface area contributed by atoms with E-state index in [4.69, 9.17) is 23.9 Å². The maximum Gasteiger partial charge on any atom is 0.266 e. The SMILES string of the molecule is CCCN1C(=O)/C(=C/c2cc3c(cc2OC)OCO3)SC1=Nc1ccc(OCC)cc1. The molecule has 0 aliphatic carbocycles. The fraction of sp³-hybridized carbons (Fsp3) is 0.304. The second-order valence-corrected chi connectivity index (χ2v) is 7.85. The van der Waals surface area contributed by atoms with Crippen LogP contribution in [-0.4, -0.2) is 43.0 Å². The summed E-state index contributed by atoms with van der Waals surface area (Å²) in [6.07, 6.45) is 2.65. The Hall–Kier alpha value is -3.13. The van der Waals surface area contributed by atoms with Gasteiger partial charge in [0.1, 0.15) is 11.5 Å². The number of rotatable bonds is 7. The molecule has 2 heterocycles. The smallest absolute Gasteiger partial charge is 0.266 e. The summed E-state index contributed by atoms with van der Waals surface area (Å²) < 4.78 is 21.9. The Bertz CT molecular complexity index is 1030. The number of amidine groups is 1. The first kappa shape index (κ1) is 21.1. The molecule has 2 aliphatic rings. The van der Waals surface area contributed by atoms with Crippen LogP contribution in [0.2, 0.25) is 0 Å². The van der Waals surface area contributed by atoms with Gasteiger partial charge < -0.3 is 18.9 Å². The van der Waals surface area contributed by atoms with Crippen molar-refractivity contribution < 1.29 is 23.7 Å². The molecule has 8 heteroatoms. The molecule has 1 amide bonds. The second kappa shape index (κ2) is 9.34. The zero-order chi connectivity index (χ0) is 21.8. The van der Waals surface area contributed by atoms with Crippen molar-refractivity contribution >= 4 is 34.6 Å². The lowest BCUT2D eigenvalue weighted by Gasteiger charge is -2.14. The highest BCUT2D eigenvalue weighted by atomic mass is 32.2. The van der Waals surface area contributed by atoms with Gasteiger partial charge in [-0.1, -0.05) is 6.92 Å². The first-order valence-corrected chi connectivity index (χ1v) is 10.9. The van der Waals surface area contributed by atoms with Gasteiger partial charge in [0, 0.05) is 18.2 Å². The molecule has 0 saturated carbocycles. The topological polar surface area (TPSA) is 69.6 Å². The average Bonchev–Trinajstić information content (AvgIpc) is 3.34. The van der Waals surface area contributed by atoms with Crippen LogP contribution in [0.25, 0.3) is 6.08 Å². The molecule has 0 radical (unpaired) electrons. The number of thioether (sulfide) groups is 1. The molecule has 0 atom stereocenters. The van der Waals surface area contributed by atoms with Crippen molar-refractivity contribution in [3.8, 4) is 23.0 Å². The predicted molar refractivity (Wildman–Crippen MR) is 121 cm³/mol. The molecule has 0 unspecified atom stereocenters. The van der Waals surface area contributed by atoms with Gasteiger partial charge in [0.15, 0.2) is 16.7 Å². The van der Waals surface area contributed by atoms with Crippen molar-refractivity contribution in [1.82, 2.24) is 4.90 Å². The van der Waals surface area contributed by atoms with Crippen molar-refractivity contribution in [1.29, 1.82) is 0 Å². The summed E-state index contributed by atoms with van der Waals surface area (Å²) in [5.41, 5.74) is 1.52. The minimum Gasteiger partial charge on any atom is -0.496 e. The number of hydrogen-bond donors (Lipinski definition) is 0. The van der Waals surface area contributed by atoms with Gasteiger partial charge in [-0.25, -0.2) is 4.99 Å². The highest BCUT2D eigenvalue weighted by Crippen LogP contribution is 2.41. The van der Waals surface area contributed by atoms with Crippen molar-refractivity contribution in [3.63, 3.8) is 0 Å². The van der Waals surface area contributed by atoms with Crippen LogP contribution in [0.4, 0.5) is 5.69 Å². The second-order valence-electron chi connectivity index (χ2n) is 6.84. The molecular weight excluding hydrogens is 416 g/mol. The third-order valence-electron chi connectivity index (χ3n) is 4.72. The fourth-order valence-electron chi connectivity index (χ4n) is 3.28. The van der Waals surface area contributed by atoms with E-state index in [1.807, 2.05) is 50.3 Å². The molecule has 1 fully saturated rings. The molecule has 0 spiro atoms. The van der Waals surface area contributed by atoms with Crippen molar-refractivity contribution in [3.05, 3.63) is 46.9 Å². The number of carbonyl (C=O) groups excluding carboxylic acids is 1. The highest BCUT2D eigenvalue weighted by Gasteiger charge is 2.33.